The Hall–Kier alpha value is -2.90. The third-order valence-corrected chi connectivity index (χ3v) is 3.99. The number of nitrogens with zero attached hydrogens (tertiary/aromatic N) is 2. The van der Waals surface area contributed by atoms with Crippen LogP contribution in [0.25, 0.3) is 10.8 Å². The molecular formula is C16H17N3O5. The first-order valence-electron chi connectivity index (χ1n) is 7.71. The zero-order valence-corrected chi connectivity index (χ0v) is 13.0. The fourth-order valence-corrected chi connectivity index (χ4v) is 2.73. The van der Waals surface area contributed by atoms with Gasteiger partial charge in [0.2, 0.25) is 0 Å². The van der Waals surface area contributed by atoms with E-state index in [0.717, 1.165) is 17.5 Å². The van der Waals surface area contributed by atoms with Crippen LogP contribution in [0.2, 0.25) is 0 Å². The highest BCUT2D eigenvalue weighted by molar-refractivity contribution is 5.82. The van der Waals surface area contributed by atoms with Crippen LogP contribution >= 0.6 is 0 Å². The molecule has 0 saturated carbocycles. The number of hydrogen-bond acceptors (Lipinski definition) is 5. The van der Waals surface area contributed by atoms with Gasteiger partial charge in [0, 0.05) is 13.1 Å². The molecule has 0 atom stereocenters. The van der Waals surface area contributed by atoms with Crippen LogP contribution in [-0.2, 0) is 20.9 Å². The number of carbonyl (C=O) groups excluding carboxylic acids is 2. The maximum Gasteiger partial charge on any atom is 0.328 e. The first-order valence-corrected chi connectivity index (χ1v) is 7.71. The Kier molecular flexibility index (Phi) is 4.45. The van der Waals surface area contributed by atoms with E-state index in [-0.39, 0.29) is 23.3 Å². The molecule has 2 heterocycles. The van der Waals surface area contributed by atoms with Crippen molar-refractivity contribution in [2.75, 3.05) is 19.7 Å². The van der Waals surface area contributed by atoms with Crippen LogP contribution in [0.1, 0.15) is 12.8 Å². The third-order valence-electron chi connectivity index (χ3n) is 3.99. The summed E-state index contributed by atoms with van der Waals surface area (Å²) in [6.07, 6.45) is 1.90. The van der Waals surface area contributed by atoms with Crippen molar-refractivity contribution in [3.8, 4) is 0 Å². The minimum Gasteiger partial charge on any atom is -0.454 e. The predicted octanol–water partition coefficient (Wildman–Crippen LogP) is -0.145. The van der Waals surface area contributed by atoms with Gasteiger partial charge in [0.15, 0.2) is 6.61 Å². The molecule has 1 saturated heterocycles. The number of H-pyrrole nitrogens is 1. The van der Waals surface area contributed by atoms with Gasteiger partial charge in [-0.25, -0.2) is 4.68 Å². The zero-order valence-electron chi connectivity index (χ0n) is 13.0. The van der Waals surface area contributed by atoms with Crippen LogP contribution in [-0.4, -0.2) is 46.3 Å². The van der Waals surface area contributed by atoms with Gasteiger partial charge in [0.25, 0.3) is 17.0 Å². The number of nitrogens with one attached hydrogen (secondary N) is 1. The number of amides is 1. The highest BCUT2D eigenvalue weighted by Crippen LogP contribution is 2.07. The Morgan fingerprint density at radius 2 is 1.75 bits per heavy atom. The van der Waals surface area contributed by atoms with Gasteiger partial charge < -0.3 is 9.64 Å². The molecule has 0 radical (unpaired) electrons. The van der Waals surface area contributed by atoms with E-state index in [1.807, 2.05) is 0 Å². The van der Waals surface area contributed by atoms with E-state index < -0.39 is 23.6 Å². The topological polar surface area (TPSA) is 101 Å². The largest absolute Gasteiger partial charge is 0.454 e. The maximum atomic E-state index is 12.3. The third kappa shape index (κ3) is 3.22. The molecule has 8 nitrogen and oxygen atoms in total. The SMILES string of the molecule is O=C(Cn1[nH]c(=O)c2ccccc2c1=O)OCC(=O)N1CCCC1. The highest BCUT2D eigenvalue weighted by atomic mass is 16.5. The van der Waals surface area contributed by atoms with Gasteiger partial charge in [0.1, 0.15) is 6.54 Å². The minimum atomic E-state index is -0.754. The Morgan fingerprint density at radius 1 is 1.08 bits per heavy atom. The molecule has 1 N–H and O–H groups in total. The van der Waals surface area contributed by atoms with E-state index in [0.29, 0.717) is 13.1 Å². The van der Waals surface area contributed by atoms with Crippen LogP contribution in [0.5, 0.6) is 0 Å². The van der Waals surface area contributed by atoms with Gasteiger partial charge in [-0.3, -0.25) is 24.3 Å². The molecule has 0 spiro atoms. The van der Waals surface area contributed by atoms with Crippen molar-refractivity contribution in [2.45, 2.75) is 19.4 Å². The fourth-order valence-electron chi connectivity index (χ4n) is 2.73. The molecule has 1 aliphatic rings. The van der Waals surface area contributed by atoms with E-state index in [1.54, 1.807) is 17.0 Å². The summed E-state index contributed by atoms with van der Waals surface area (Å²) in [6, 6.07) is 6.35. The fraction of sp³-hybridized carbons (Fsp3) is 0.375. The Bertz CT molecular complexity index is 892. The lowest BCUT2D eigenvalue weighted by Gasteiger charge is -2.15. The summed E-state index contributed by atoms with van der Waals surface area (Å²) in [5, 5.41) is 2.83. The molecule has 1 aromatic heterocycles. The molecule has 24 heavy (non-hydrogen) atoms. The summed E-state index contributed by atoms with van der Waals surface area (Å²) in [7, 11) is 0. The Balaban J connectivity index is 1.69. The second kappa shape index (κ2) is 6.69. The highest BCUT2D eigenvalue weighted by Gasteiger charge is 2.19. The molecule has 1 amide bonds. The Morgan fingerprint density at radius 3 is 2.46 bits per heavy atom. The standard InChI is InChI=1S/C16H17N3O5/c20-13(18-7-3-4-8-18)10-24-14(21)9-19-16(23)12-6-2-1-5-11(12)15(22)17-19/h1-2,5-6H,3-4,7-10H2,(H,17,22). The van der Waals surface area contributed by atoms with Crippen molar-refractivity contribution < 1.29 is 14.3 Å². The quantitative estimate of drug-likeness (QED) is 0.786. The smallest absolute Gasteiger partial charge is 0.328 e. The van der Waals surface area contributed by atoms with E-state index in [2.05, 4.69) is 5.10 Å². The predicted molar refractivity (Wildman–Crippen MR) is 85.6 cm³/mol. The number of benzene rings is 1. The van der Waals surface area contributed by atoms with Crippen LogP contribution in [0.15, 0.2) is 33.9 Å². The minimum absolute atomic E-state index is 0.224. The summed E-state index contributed by atoms with van der Waals surface area (Å²) < 4.78 is 5.81. The molecule has 126 valence electrons. The Labute approximate surface area is 136 Å². The summed E-state index contributed by atoms with van der Waals surface area (Å²) in [4.78, 5) is 49.5. The van der Waals surface area contributed by atoms with Gasteiger partial charge in [-0.05, 0) is 25.0 Å². The molecule has 0 aliphatic carbocycles. The van der Waals surface area contributed by atoms with E-state index in [9.17, 15) is 19.2 Å². The average Bonchev–Trinajstić information content (AvgIpc) is 3.12. The molecular weight excluding hydrogens is 314 g/mol. The van der Waals surface area contributed by atoms with Gasteiger partial charge >= 0.3 is 5.97 Å². The monoisotopic (exact) mass is 331 g/mol. The van der Waals surface area contributed by atoms with Gasteiger partial charge in [-0.15, -0.1) is 0 Å². The average molecular weight is 331 g/mol. The number of ether oxygens (including phenoxy) is 1. The number of fused-ring (bicyclic) bond motifs is 1. The van der Waals surface area contributed by atoms with Crippen LogP contribution in [0, 0.1) is 0 Å². The second-order valence-electron chi connectivity index (χ2n) is 5.63. The number of aromatic amines is 1. The van der Waals surface area contributed by atoms with Crippen LogP contribution < -0.4 is 11.1 Å². The second-order valence-corrected chi connectivity index (χ2v) is 5.63. The number of likely N-dealkylation sites (tertiary alicyclic amines) is 1. The summed E-state index contributed by atoms with van der Waals surface area (Å²) in [5.74, 6) is -1.00. The summed E-state index contributed by atoms with van der Waals surface area (Å²) >= 11 is 0. The molecule has 3 rings (SSSR count). The molecule has 1 fully saturated rings. The van der Waals surface area contributed by atoms with Crippen LogP contribution in [0.3, 0.4) is 0 Å². The van der Waals surface area contributed by atoms with Crippen molar-refractivity contribution in [1.29, 1.82) is 0 Å². The van der Waals surface area contributed by atoms with Crippen molar-refractivity contribution in [1.82, 2.24) is 14.7 Å². The maximum absolute atomic E-state index is 12.3. The van der Waals surface area contributed by atoms with Crippen molar-refractivity contribution in [3.63, 3.8) is 0 Å². The number of rotatable bonds is 4. The summed E-state index contributed by atoms with van der Waals surface area (Å²) in [6.45, 7) is 0.541. The normalized spacial score (nSPS) is 14.1. The first-order chi connectivity index (χ1) is 11.6. The van der Waals surface area contributed by atoms with Gasteiger partial charge in [-0.2, -0.15) is 0 Å². The lowest BCUT2D eigenvalue weighted by atomic mass is 10.2. The van der Waals surface area contributed by atoms with Crippen molar-refractivity contribution in [2.24, 2.45) is 0 Å². The molecule has 2 aromatic rings. The number of hydrogen-bond donors (Lipinski definition) is 1. The van der Waals surface area contributed by atoms with E-state index >= 15 is 0 Å². The molecule has 1 aromatic carbocycles. The lowest BCUT2D eigenvalue weighted by Crippen LogP contribution is -2.35. The molecule has 0 bridgehead atoms. The van der Waals surface area contributed by atoms with Gasteiger partial charge in [0.05, 0.1) is 10.8 Å². The number of esters is 1. The number of carbonyl (C=O) groups is 2. The van der Waals surface area contributed by atoms with Gasteiger partial charge in [-0.1, -0.05) is 12.1 Å². The number of aromatic nitrogens is 2. The molecule has 8 heteroatoms. The van der Waals surface area contributed by atoms with Crippen molar-refractivity contribution in [3.05, 3.63) is 45.0 Å². The summed E-state index contributed by atoms with van der Waals surface area (Å²) in [5.41, 5.74) is -0.959. The van der Waals surface area contributed by atoms with E-state index in [4.69, 9.17) is 4.74 Å². The van der Waals surface area contributed by atoms with Crippen molar-refractivity contribution >= 4 is 22.6 Å². The lowest BCUT2D eigenvalue weighted by molar-refractivity contribution is -0.152. The zero-order chi connectivity index (χ0) is 17.1. The van der Waals surface area contributed by atoms with Crippen LogP contribution in [0.4, 0.5) is 0 Å². The molecule has 1 aliphatic heterocycles. The first kappa shape index (κ1) is 16.0. The van der Waals surface area contributed by atoms with E-state index in [1.165, 1.54) is 12.1 Å². The molecule has 0 unspecified atom stereocenters.